The predicted molar refractivity (Wildman–Crippen MR) is 146 cm³/mol. The molecule has 0 radical (unpaired) electrons. The van der Waals surface area contributed by atoms with E-state index < -0.39 is 0 Å². The minimum atomic E-state index is 0.0191. The van der Waals surface area contributed by atoms with Gasteiger partial charge in [-0.2, -0.15) is 0 Å². The van der Waals surface area contributed by atoms with Crippen LogP contribution < -0.4 is 19.9 Å². The number of furan rings is 1. The molecule has 2 aromatic carbocycles. The highest BCUT2D eigenvalue weighted by atomic mass is 16.5. The normalized spacial score (nSPS) is 17.9. The first kappa shape index (κ1) is 22.7. The van der Waals surface area contributed by atoms with E-state index in [-0.39, 0.29) is 11.9 Å². The molecule has 0 unspecified atom stereocenters. The summed E-state index contributed by atoms with van der Waals surface area (Å²) in [4.78, 5) is 20.8. The number of nitrogens with zero attached hydrogens (tertiary/aromatic N) is 5. The molecular formula is C29H28N6O3. The van der Waals surface area contributed by atoms with E-state index in [4.69, 9.17) is 9.15 Å². The third-order valence-corrected chi connectivity index (χ3v) is 7.39. The van der Waals surface area contributed by atoms with Crippen molar-refractivity contribution in [1.82, 2.24) is 19.9 Å². The van der Waals surface area contributed by atoms with Crippen molar-refractivity contribution in [2.75, 3.05) is 42.6 Å². The number of benzene rings is 2. The van der Waals surface area contributed by atoms with Gasteiger partial charge in [-0.05, 0) is 42.8 Å². The highest BCUT2D eigenvalue weighted by Crippen LogP contribution is 2.35. The molecule has 3 aromatic heterocycles. The zero-order valence-electron chi connectivity index (χ0n) is 20.9. The molecule has 2 saturated heterocycles. The standard InChI is InChI=1S/C29H28N6O3/c36-28-11-9-20(31-28)19-37-29-12-10-27-30-18-24(35(27)32-29)26-17-22-23(7-4-8-25(22)38-26)34-15-13-33(14-16-34)21-5-2-1-3-6-21/h1-8,10,12,17-18,20H,9,11,13-16,19H2,(H,31,36)/t20-/m1/s1. The van der Waals surface area contributed by atoms with Crippen LogP contribution in [0, 0.1) is 0 Å². The van der Waals surface area contributed by atoms with Crippen molar-refractivity contribution >= 4 is 33.9 Å². The number of piperazine rings is 1. The van der Waals surface area contributed by atoms with E-state index in [9.17, 15) is 4.79 Å². The Bertz CT molecular complexity index is 1600. The number of carbonyl (C=O) groups excluding carboxylic acids is 1. The van der Waals surface area contributed by atoms with E-state index in [0.717, 1.165) is 49.3 Å². The maximum absolute atomic E-state index is 11.5. The SMILES string of the molecule is O=C1CC[C@H](COc2ccc3ncc(-c4cc5c(N6CCN(c7ccccc7)CC6)cccc5o4)n3n2)N1. The number of amides is 1. The largest absolute Gasteiger partial charge is 0.474 e. The second-order valence-electron chi connectivity index (χ2n) is 9.81. The number of hydrogen-bond acceptors (Lipinski definition) is 7. The van der Waals surface area contributed by atoms with Crippen molar-refractivity contribution in [2.45, 2.75) is 18.9 Å². The Morgan fingerprint density at radius 2 is 1.82 bits per heavy atom. The summed E-state index contributed by atoms with van der Waals surface area (Å²) in [5.74, 6) is 1.25. The highest BCUT2D eigenvalue weighted by molar-refractivity contribution is 5.94. The summed E-state index contributed by atoms with van der Waals surface area (Å²) in [6.07, 6.45) is 3.10. The summed E-state index contributed by atoms with van der Waals surface area (Å²) in [5, 5.41) is 8.65. The average Bonchev–Trinajstić information content (AvgIpc) is 3.70. The third-order valence-electron chi connectivity index (χ3n) is 7.39. The Hall–Kier alpha value is -4.53. The van der Waals surface area contributed by atoms with Crippen LogP contribution in [0.5, 0.6) is 5.88 Å². The van der Waals surface area contributed by atoms with Crippen molar-refractivity contribution < 1.29 is 13.9 Å². The van der Waals surface area contributed by atoms with Crippen molar-refractivity contribution in [3.8, 4) is 17.3 Å². The lowest BCUT2D eigenvalue weighted by Gasteiger charge is -2.37. The molecular weight excluding hydrogens is 480 g/mol. The van der Waals surface area contributed by atoms with Crippen molar-refractivity contribution in [1.29, 1.82) is 0 Å². The fraction of sp³-hybridized carbons (Fsp3) is 0.276. The van der Waals surface area contributed by atoms with E-state index in [2.05, 4.69) is 73.7 Å². The van der Waals surface area contributed by atoms with Crippen LogP contribution in [0.2, 0.25) is 0 Å². The lowest BCUT2D eigenvalue weighted by atomic mass is 10.1. The van der Waals surface area contributed by atoms with Gasteiger partial charge >= 0.3 is 0 Å². The van der Waals surface area contributed by atoms with Gasteiger partial charge < -0.3 is 24.3 Å². The van der Waals surface area contributed by atoms with E-state index in [1.54, 1.807) is 16.8 Å². The summed E-state index contributed by atoms with van der Waals surface area (Å²) in [7, 11) is 0. The number of aromatic nitrogens is 3. The topological polar surface area (TPSA) is 88.1 Å². The number of carbonyl (C=O) groups is 1. The first-order valence-corrected chi connectivity index (χ1v) is 13.1. The molecule has 1 amide bonds. The lowest BCUT2D eigenvalue weighted by molar-refractivity contribution is -0.119. The number of fused-ring (bicyclic) bond motifs is 2. The fourth-order valence-electron chi connectivity index (χ4n) is 5.38. The molecule has 0 spiro atoms. The van der Waals surface area contributed by atoms with E-state index in [1.165, 1.54) is 11.4 Å². The monoisotopic (exact) mass is 508 g/mol. The van der Waals surface area contributed by atoms with Gasteiger partial charge in [0.15, 0.2) is 11.4 Å². The van der Waals surface area contributed by atoms with Gasteiger partial charge in [0, 0.05) is 55.4 Å². The Morgan fingerprint density at radius 1 is 0.974 bits per heavy atom. The van der Waals surface area contributed by atoms with Gasteiger partial charge in [0.25, 0.3) is 0 Å². The van der Waals surface area contributed by atoms with E-state index in [0.29, 0.717) is 30.3 Å². The molecule has 38 heavy (non-hydrogen) atoms. The van der Waals surface area contributed by atoms with Crippen molar-refractivity contribution in [2.24, 2.45) is 0 Å². The maximum atomic E-state index is 11.5. The number of para-hydroxylation sites is 1. The first-order valence-electron chi connectivity index (χ1n) is 13.1. The van der Waals surface area contributed by atoms with Crippen LogP contribution in [-0.2, 0) is 4.79 Å². The molecule has 7 rings (SSSR count). The third kappa shape index (κ3) is 4.19. The van der Waals surface area contributed by atoms with Gasteiger partial charge in [-0.3, -0.25) is 4.79 Å². The molecule has 9 heteroatoms. The van der Waals surface area contributed by atoms with Gasteiger partial charge in [0.2, 0.25) is 11.8 Å². The second kappa shape index (κ2) is 9.41. The summed E-state index contributed by atoms with van der Waals surface area (Å²) in [6.45, 7) is 4.20. The van der Waals surface area contributed by atoms with Crippen LogP contribution in [-0.4, -0.2) is 59.3 Å². The van der Waals surface area contributed by atoms with Gasteiger partial charge in [-0.25, -0.2) is 9.50 Å². The number of rotatable bonds is 6. The summed E-state index contributed by atoms with van der Waals surface area (Å²) in [5.41, 5.74) is 4.75. The van der Waals surface area contributed by atoms with Crippen LogP contribution >= 0.6 is 0 Å². The zero-order chi connectivity index (χ0) is 25.5. The van der Waals surface area contributed by atoms with E-state index in [1.807, 2.05) is 12.1 Å². The lowest BCUT2D eigenvalue weighted by Crippen LogP contribution is -2.46. The molecule has 1 atom stereocenters. The Morgan fingerprint density at radius 3 is 2.63 bits per heavy atom. The van der Waals surface area contributed by atoms with Gasteiger partial charge in [0.05, 0.1) is 12.2 Å². The van der Waals surface area contributed by atoms with Crippen LogP contribution in [0.3, 0.4) is 0 Å². The Labute approximate surface area is 219 Å². The van der Waals surface area contributed by atoms with E-state index >= 15 is 0 Å². The van der Waals surface area contributed by atoms with Crippen LogP contribution in [0.1, 0.15) is 12.8 Å². The predicted octanol–water partition coefficient (Wildman–Crippen LogP) is 4.13. The molecule has 192 valence electrons. The van der Waals surface area contributed by atoms with Crippen LogP contribution in [0.4, 0.5) is 11.4 Å². The number of hydrogen-bond donors (Lipinski definition) is 1. The number of nitrogens with one attached hydrogen (secondary N) is 1. The van der Waals surface area contributed by atoms with Crippen LogP contribution in [0.25, 0.3) is 28.1 Å². The summed E-state index contributed by atoms with van der Waals surface area (Å²) >= 11 is 0. The maximum Gasteiger partial charge on any atom is 0.231 e. The first-order chi connectivity index (χ1) is 18.7. The van der Waals surface area contributed by atoms with Crippen LogP contribution in [0.15, 0.2) is 77.3 Å². The molecule has 2 aliphatic heterocycles. The molecule has 1 N–H and O–H groups in total. The average molecular weight is 509 g/mol. The zero-order valence-corrected chi connectivity index (χ0v) is 20.9. The molecule has 2 aliphatic rings. The number of anilines is 2. The van der Waals surface area contributed by atoms with Gasteiger partial charge in [-0.1, -0.05) is 24.3 Å². The number of imidazole rings is 1. The highest BCUT2D eigenvalue weighted by Gasteiger charge is 2.23. The molecule has 0 bridgehead atoms. The summed E-state index contributed by atoms with van der Waals surface area (Å²) < 4.78 is 13.9. The molecule has 9 nitrogen and oxygen atoms in total. The van der Waals surface area contributed by atoms with Gasteiger partial charge in [-0.15, -0.1) is 5.10 Å². The Balaban J connectivity index is 1.13. The molecule has 5 aromatic rings. The van der Waals surface area contributed by atoms with Crippen molar-refractivity contribution in [3.05, 3.63) is 72.9 Å². The quantitative estimate of drug-likeness (QED) is 0.369. The molecule has 2 fully saturated rings. The molecule has 0 saturated carbocycles. The summed E-state index contributed by atoms with van der Waals surface area (Å²) in [6, 6.07) is 22.6. The molecule has 5 heterocycles. The molecule has 0 aliphatic carbocycles. The second-order valence-corrected chi connectivity index (χ2v) is 9.81. The fourth-order valence-corrected chi connectivity index (χ4v) is 5.38. The smallest absolute Gasteiger partial charge is 0.231 e. The Kier molecular flexibility index (Phi) is 5.61. The minimum Gasteiger partial charge on any atom is -0.474 e. The van der Waals surface area contributed by atoms with Crippen molar-refractivity contribution in [3.63, 3.8) is 0 Å². The van der Waals surface area contributed by atoms with Gasteiger partial charge in [0.1, 0.15) is 17.9 Å². The number of ether oxygens (including phenoxy) is 1. The minimum absolute atomic E-state index is 0.0191.